The molecule has 1 heterocycles. The zero-order chi connectivity index (χ0) is 15.5. The molecular weight excluding hydrogens is 264 g/mol. The Morgan fingerprint density at radius 1 is 1.43 bits per heavy atom. The second-order valence-corrected chi connectivity index (χ2v) is 4.62. The molecule has 5 nitrogen and oxygen atoms in total. The van der Waals surface area contributed by atoms with Gasteiger partial charge in [0.15, 0.2) is 0 Å². The Kier molecular flexibility index (Phi) is 8.10. The summed E-state index contributed by atoms with van der Waals surface area (Å²) in [6.45, 7) is 8.06. The molecule has 0 bridgehead atoms. The van der Waals surface area contributed by atoms with Gasteiger partial charge in [-0.05, 0) is 25.6 Å². The summed E-state index contributed by atoms with van der Waals surface area (Å²) in [5.74, 6) is 5.51. The molecule has 21 heavy (non-hydrogen) atoms. The van der Waals surface area contributed by atoms with Crippen molar-refractivity contribution in [2.75, 3.05) is 32.7 Å². The van der Waals surface area contributed by atoms with Crippen LogP contribution in [0.1, 0.15) is 36.2 Å². The van der Waals surface area contributed by atoms with Crippen molar-refractivity contribution in [2.45, 2.75) is 20.3 Å². The van der Waals surface area contributed by atoms with Gasteiger partial charge < -0.3 is 16.0 Å². The van der Waals surface area contributed by atoms with E-state index in [2.05, 4.69) is 40.9 Å². The number of amides is 1. The third-order valence-electron chi connectivity index (χ3n) is 3.09. The van der Waals surface area contributed by atoms with Gasteiger partial charge in [-0.2, -0.15) is 0 Å². The first-order valence-corrected chi connectivity index (χ1v) is 7.36. The molecule has 1 amide bonds. The van der Waals surface area contributed by atoms with Crippen molar-refractivity contribution in [3.8, 4) is 11.8 Å². The molecule has 5 heteroatoms. The van der Waals surface area contributed by atoms with Gasteiger partial charge in [0.25, 0.3) is 5.91 Å². The zero-order valence-electron chi connectivity index (χ0n) is 12.9. The van der Waals surface area contributed by atoms with Crippen LogP contribution in [0.4, 0.5) is 0 Å². The number of aromatic nitrogens is 1. The highest BCUT2D eigenvalue weighted by atomic mass is 16.1. The fraction of sp³-hybridized carbons (Fsp3) is 0.500. The average molecular weight is 288 g/mol. The fourth-order valence-corrected chi connectivity index (χ4v) is 2.01. The van der Waals surface area contributed by atoms with Crippen LogP contribution < -0.4 is 11.1 Å². The lowest BCUT2D eigenvalue weighted by Crippen LogP contribution is -2.35. The van der Waals surface area contributed by atoms with Crippen LogP contribution in [0.5, 0.6) is 0 Å². The molecule has 0 atom stereocenters. The first-order valence-electron chi connectivity index (χ1n) is 7.36. The molecule has 0 aliphatic carbocycles. The van der Waals surface area contributed by atoms with Gasteiger partial charge in [0, 0.05) is 25.5 Å². The number of rotatable bonds is 7. The highest BCUT2D eigenvalue weighted by Gasteiger charge is 2.10. The number of nitrogens with one attached hydrogen (secondary N) is 1. The molecule has 0 saturated heterocycles. The second kappa shape index (κ2) is 9.92. The lowest BCUT2D eigenvalue weighted by Gasteiger charge is -2.19. The SMILES string of the molecule is CCCN(CC)CCNC(=O)c1ccncc1C#CCN. The molecule has 0 aliphatic heterocycles. The number of likely N-dealkylation sites (N-methyl/N-ethyl adjacent to an activating group) is 1. The van der Waals surface area contributed by atoms with Crippen molar-refractivity contribution < 1.29 is 4.79 Å². The van der Waals surface area contributed by atoms with E-state index in [1.54, 1.807) is 18.5 Å². The summed E-state index contributed by atoms with van der Waals surface area (Å²) in [6, 6.07) is 1.68. The van der Waals surface area contributed by atoms with Gasteiger partial charge in [-0.15, -0.1) is 0 Å². The Morgan fingerprint density at radius 3 is 2.90 bits per heavy atom. The van der Waals surface area contributed by atoms with E-state index >= 15 is 0 Å². The van der Waals surface area contributed by atoms with Crippen LogP contribution in [-0.2, 0) is 0 Å². The van der Waals surface area contributed by atoms with Crippen LogP contribution in [0.2, 0.25) is 0 Å². The molecule has 1 aromatic rings. The Balaban J connectivity index is 2.60. The van der Waals surface area contributed by atoms with Crippen molar-refractivity contribution in [1.82, 2.24) is 15.2 Å². The van der Waals surface area contributed by atoms with Crippen LogP contribution in [0.3, 0.4) is 0 Å². The molecule has 0 fully saturated rings. The van der Waals surface area contributed by atoms with E-state index in [4.69, 9.17) is 5.73 Å². The van der Waals surface area contributed by atoms with Crippen LogP contribution in [0, 0.1) is 11.8 Å². The molecule has 0 spiro atoms. The highest BCUT2D eigenvalue weighted by Crippen LogP contribution is 2.05. The zero-order valence-corrected chi connectivity index (χ0v) is 12.9. The van der Waals surface area contributed by atoms with Gasteiger partial charge >= 0.3 is 0 Å². The number of hydrogen-bond donors (Lipinski definition) is 2. The molecule has 114 valence electrons. The minimum absolute atomic E-state index is 0.119. The van der Waals surface area contributed by atoms with Gasteiger partial charge in [0.2, 0.25) is 0 Å². The maximum Gasteiger partial charge on any atom is 0.252 e. The van der Waals surface area contributed by atoms with Crippen LogP contribution in [-0.4, -0.2) is 48.5 Å². The Morgan fingerprint density at radius 2 is 2.24 bits per heavy atom. The normalized spacial score (nSPS) is 10.1. The summed E-state index contributed by atoms with van der Waals surface area (Å²) in [5.41, 5.74) is 6.52. The highest BCUT2D eigenvalue weighted by molar-refractivity contribution is 5.96. The Hall–Kier alpha value is -1.90. The smallest absolute Gasteiger partial charge is 0.252 e. The third-order valence-corrected chi connectivity index (χ3v) is 3.09. The largest absolute Gasteiger partial charge is 0.351 e. The van der Waals surface area contributed by atoms with E-state index in [9.17, 15) is 4.79 Å². The average Bonchev–Trinajstić information content (AvgIpc) is 2.52. The molecule has 0 saturated carbocycles. The standard InChI is InChI=1S/C16H24N4O/c1-3-11-20(4-2)12-10-19-16(21)15-7-9-18-13-14(15)6-5-8-17/h7,9,13H,3-4,8,10-12,17H2,1-2H3,(H,19,21). The van der Waals surface area contributed by atoms with Crippen LogP contribution in [0.15, 0.2) is 18.5 Å². The fourth-order valence-electron chi connectivity index (χ4n) is 2.01. The Labute approximate surface area is 126 Å². The quantitative estimate of drug-likeness (QED) is 0.730. The van der Waals surface area contributed by atoms with E-state index in [0.29, 0.717) is 17.7 Å². The molecule has 0 unspecified atom stereocenters. The summed E-state index contributed by atoms with van der Waals surface area (Å²) < 4.78 is 0. The minimum atomic E-state index is -0.119. The maximum atomic E-state index is 12.2. The van der Waals surface area contributed by atoms with E-state index in [1.807, 2.05) is 0 Å². The van der Waals surface area contributed by atoms with Gasteiger partial charge in [-0.3, -0.25) is 9.78 Å². The molecule has 0 aliphatic rings. The van der Waals surface area contributed by atoms with E-state index in [1.165, 1.54) is 0 Å². The molecule has 1 rings (SSSR count). The number of nitrogens with two attached hydrogens (primary N) is 1. The first-order chi connectivity index (χ1) is 10.2. The summed E-state index contributed by atoms with van der Waals surface area (Å²) in [5, 5.41) is 2.93. The van der Waals surface area contributed by atoms with E-state index in [-0.39, 0.29) is 12.5 Å². The molecule has 1 aromatic heterocycles. The van der Waals surface area contributed by atoms with E-state index in [0.717, 1.165) is 26.1 Å². The van der Waals surface area contributed by atoms with Crippen molar-refractivity contribution >= 4 is 5.91 Å². The van der Waals surface area contributed by atoms with Gasteiger partial charge in [0.05, 0.1) is 17.7 Å². The second-order valence-electron chi connectivity index (χ2n) is 4.62. The number of pyridine rings is 1. The lowest BCUT2D eigenvalue weighted by molar-refractivity contribution is 0.0948. The monoisotopic (exact) mass is 288 g/mol. The van der Waals surface area contributed by atoms with Crippen molar-refractivity contribution in [2.24, 2.45) is 5.73 Å². The van der Waals surface area contributed by atoms with E-state index < -0.39 is 0 Å². The summed E-state index contributed by atoms with van der Waals surface area (Å²) >= 11 is 0. The number of nitrogens with zero attached hydrogens (tertiary/aromatic N) is 2. The topological polar surface area (TPSA) is 71.2 Å². The molecule has 0 radical (unpaired) electrons. The molecular formula is C16H24N4O. The van der Waals surface area contributed by atoms with Crippen molar-refractivity contribution in [3.63, 3.8) is 0 Å². The summed E-state index contributed by atoms with van der Waals surface area (Å²) in [6.07, 6.45) is 4.30. The number of carbonyl (C=O) groups is 1. The summed E-state index contributed by atoms with van der Waals surface area (Å²) in [7, 11) is 0. The van der Waals surface area contributed by atoms with Crippen LogP contribution in [0.25, 0.3) is 0 Å². The lowest BCUT2D eigenvalue weighted by atomic mass is 10.1. The van der Waals surface area contributed by atoms with Gasteiger partial charge in [-0.25, -0.2) is 0 Å². The minimum Gasteiger partial charge on any atom is -0.351 e. The first kappa shape index (κ1) is 17.2. The van der Waals surface area contributed by atoms with Crippen molar-refractivity contribution in [1.29, 1.82) is 0 Å². The third kappa shape index (κ3) is 5.94. The predicted molar refractivity (Wildman–Crippen MR) is 84.9 cm³/mol. The predicted octanol–water partition coefficient (Wildman–Crippen LogP) is 0.854. The molecule has 0 aromatic carbocycles. The summed E-state index contributed by atoms with van der Waals surface area (Å²) in [4.78, 5) is 18.5. The van der Waals surface area contributed by atoms with Crippen molar-refractivity contribution in [3.05, 3.63) is 29.6 Å². The maximum absolute atomic E-state index is 12.2. The number of hydrogen-bond acceptors (Lipinski definition) is 4. The van der Waals surface area contributed by atoms with Gasteiger partial charge in [0.1, 0.15) is 0 Å². The van der Waals surface area contributed by atoms with Gasteiger partial charge in [-0.1, -0.05) is 25.7 Å². The Bertz CT molecular complexity index is 504. The number of carbonyl (C=O) groups excluding carboxylic acids is 1. The van der Waals surface area contributed by atoms with Crippen LogP contribution >= 0.6 is 0 Å². The molecule has 3 N–H and O–H groups in total.